The van der Waals surface area contributed by atoms with Gasteiger partial charge < -0.3 is 14.7 Å². The van der Waals surface area contributed by atoms with Crippen molar-refractivity contribution in [3.63, 3.8) is 0 Å². The summed E-state index contributed by atoms with van der Waals surface area (Å²) >= 11 is 0. The van der Waals surface area contributed by atoms with E-state index in [2.05, 4.69) is 0 Å². The van der Waals surface area contributed by atoms with Crippen LogP contribution >= 0.6 is 7.82 Å². The zero-order valence-corrected chi connectivity index (χ0v) is 3.09. The Kier molecular flexibility index (Phi) is 4.92. The van der Waals surface area contributed by atoms with Crippen LogP contribution in [0.3, 0.4) is 0 Å². The molecular weight excluding hydrogens is 119 g/mol. The predicted octanol–water partition coefficient (Wildman–Crippen LogP) is -1.39. The van der Waals surface area contributed by atoms with Gasteiger partial charge in [-0.05, 0) is 0 Å². The van der Waals surface area contributed by atoms with E-state index in [-0.39, 0.29) is 28.8 Å². The van der Waals surface area contributed by atoms with Gasteiger partial charge in [-0.25, -0.2) is 4.57 Å². The summed E-state index contributed by atoms with van der Waals surface area (Å²) in [5.41, 5.74) is 0. The van der Waals surface area contributed by atoms with Gasteiger partial charge in [-0.3, -0.25) is 0 Å². The third-order valence-electron chi connectivity index (χ3n) is 0. The molecule has 6 heavy (non-hydrogen) atoms. The molecular formula is H9MgO4P+4. The summed E-state index contributed by atoms with van der Waals surface area (Å²) in [5.74, 6) is 0. The quantitative estimate of drug-likeness (QED) is 0.277. The van der Waals surface area contributed by atoms with E-state index >= 15 is 0 Å². The smallest absolute Gasteiger partial charge is 0.303 e. The molecule has 0 saturated carbocycles. The van der Waals surface area contributed by atoms with E-state index in [9.17, 15) is 0 Å². The molecule has 0 aliphatic heterocycles. The summed E-state index contributed by atoms with van der Waals surface area (Å²) < 4.78 is 8.88. The molecule has 0 spiro atoms. The lowest BCUT2D eigenvalue weighted by Gasteiger charge is -1.82. The van der Waals surface area contributed by atoms with E-state index in [1.54, 1.807) is 0 Å². The Labute approximate surface area is 56.5 Å². The van der Waals surface area contributed by atoms with Crippen molar-refractivity contribution in [2.45, 2.75) is 0 Å². The largest absolute Gasteiger partial charge is 1.00 e. The molecule has 0 aliphatic carbocycles. The SMILES string of the molecule is O=P(O)(O)O.[H+].[H+].[H+].[H+].[MgH2]. The molecule has 0 aromatic carbocycles. The van der Waals surface area contributed by atoms with Crippen LogP contribution in [0.2, 0.25) is 0 Å². The molecule has 0 aromatic rings. The summed E-state index contributed by atoms with van der Waals surface area (Å²) in [6, 6.07) is 0. The maximum atomic E-state index is 8.88. The van der Waals surface area contributed by atoms with Gasteiger partial charge in [-0.15, -0.1) is 0 Å². The van der Waals surface area contributed by atoms with Gasteiger partial charge in [0.1, 0.15) is 0 Å². The molecule has 3 N–H and O–H groups in total. The van der Waals surface area contributed by atoms with Gasteiger partial charge in [-0.1, -0.05) is 0 Å². The van der Waals surface area contributed by atoms with Crippen LogP contribution in [-0.4, -0.2) is 37.7 Å². The standard InChI is InChI=1S/Mg.H3O4P.2H/c;1-5(2,3)4;;/h;(H3,1,2,3,4);;/p+4. The van der Waals surface area contributed by atoms with Gasteiger partial charge in [0.15, 0.2) is 0 Å². The fraction of sp³-hybridized carbons (Fsp3) is 0. The van der Waals surface area contributed by atoms with Gasteiger partial charge in [0.05, 0.1) is 0 Å². The van der Waals surface area contributed by atoms with Crippen molar-refractivity contribution in [2.75, 3.05) is 0 Å². The van der Waals surface area contributed by atoms with E-state index in [1.165, 1.54) is 0 Å². The third-order valence-corrected chi connectivity index (χ3v) is 0. The van der Waals surface area contributed by atoms with Crippen LogP contribution in [-0.2, 0) is 4.57 Å². The second-order valence-corrected chi connectivity index (χ2v) is 1.54. The van der Waals surface area contributed by atoms with Crippen molar-refractivity contribution in [2.24, 2.45) is 0 Å². The monoisotopic (exact) mass is 128 g/mol. The molecule has 0 rings (SSSR count). The van der Waals surface area contributed by atoms with Crippen LogP contribution in [0.25, 0.3) is 0 Å². The average Bonchev–Trinajstić information content (AvgIpc) is 0.722. The third kappa shape index (κ3) is 95.4. The lowest BCUT2D eigenvalue weighted by molar-refractivity contribution is 0.275. The van der Waals surface area contributed by atoms with Crippen molar-refractivity contribution >= 4 is 30.9 Å². The Morgan fingerprint density at radius 2 is 1.33 bits per heavy atom. The van der Waals surface area contributed by atoms with Gasteiger partial charge in [0.25, 0.3) is 0 Å². The molecule has 0 aromatic heterocycles. The molecule has 0 atom stereocenters. The predicted molar refractivity (Wildman–Crippen MR) is 27.3 cm³/mol. The van der Waals surface area contributed by atoms with E-state index < -0.39 is 7.82 Å². The highest BCUT2D eigenvalue weighted by atomic mass is 31.2. The molecule has 0 amide bonds. The topological polar surface area (TPSA) is 77.8 Å². The number of phosphoric acid groups is 1. The molecule has 6 heteroatoms. The minimum Gasteiger partial charge on any atom is -0.303 e. The highest BCUT2D eigenvalue weighted by Gasteiger charge is 2.00. The first-order valence-electron chi connectivity index (χ1n) is 0.783. The van der Waals surface area contributed by atoms with Gasteiger partial charge in [-0.2, -0.15) is 0 Å². The normalized spacial score (nSPS) is 9.83. The Morgan fingerprint density at radius 1 is 1.33 bits per heavy atom. The van der Waals surface area contributed by atoms with E-state index in [1.807, 2.05) is 0 Å². The summed E-state index contributed by atoms with van der Waals surface area (Å²) in [6.07, 6.45) is 0. The van der Waals surface area contributed by atoms with Crippen molar-refractivity contribution in [3.8, 4) is 0 Å². The molecule has 36 valence electrons. The van der Waals surface area contributed by atoms with Gasteiger partial charge >= 0.3 is 36.6 Å². The lowest BCUT2D eigenvalue weighted by Crippen LogP contribution is -1.66. The Bertz CT molecular complexity index is 63.4. The van der Waals surface area contributed by atoms with Crippen LogP contribution in [0.4, 0.5) is 0 Å². The summed E-state index contributed by atoms with van der Waals surface area (Å²) in [5, 5.41) is 0. The molecule has 0 saturated heterocycles. The second-order valence-electron chi connectivity index (χ2n) is 0.513. The van der Waals surface area contributed by atoms with Crippen LogP contribution < -0.4 is 0 Å². The molecule has 0 radical (unpaired) electrons. The number of rotatable bonds is 0. The highest BCUT2D eigenvalue weighted by molar-refractivity contribution is 7.45. The van der Waals surface area contributed by atoms with E-state index in [0.29, 0.717) is 0 Å². The summed E-state index contributed by atoms with van der Waals surface area (Å²) in [6.45, 7) is 0. The van der Waals surface area contributed by atoms with Crippen molar-refractivity contribution in [1.82, 2.24) is 0 Å². The number of hydrogen-bond donors (Lipinski definition) is 3. The Morgan fingerprint density at radius 3 is 1.33 bits per heavy atom. The van der Waals surface area contributed by atoms with Gasteiger partial charge in [0, 0.05) is 0 Å². The maximum Gasteiger partial charge on any atom is 1.00 e. The Balaban J connectivity index is -0.00000000800. The van der Waals surface area contributed by atoms with E-state index in [0.717, 1.165) is 0 Å². The lowest BCUT2D eigenvalue weighted by atomic mass is 15.8. The number of hydrogen-bond acceptors (Lipinski definition) is 1. The zero-order valence-electron chi connectivity index (χ0n) is 6.20. The van der Waals surface area contributed by atoms with Crippen molar-refractivity contribution in [1.29, 1.82) is 0 Å². The minimum absolute atomic E-state index is 0. The molecule has 0 aliphatic rings. The minimum atomic E-state index is -4.64. The molecule has 0 unspecified atom stereocenters. The fourth-order valence-electron chi connectivity index (χ4n) is 0. The first-order chi connectivity index (χ1) is 2.00. The highest BCUT2D eigenvalue weighted by Crippen LogP contribution is 2.25. The first kappa shape index (κ1) is 9.99. The van der Waals surface area contributed by atoms with E-state index in [4.69, 9.17) is 19.2 Å². The summed E-state index contributed by atoms with van der Waals surface area (Å²) in [7, 11) is -4.64. The van der Waals surface area contributed by atoms with Crippen LogP contribution in [0.5, 0.6) is 0 Å². The van der Waals surface area contributed by atoms with Crippen LogP contribution in [0.1, 0.15) is 5.71 Å². The van der Waals surface area contributed by atoms with Crippen LogP contribution in [0.15, 0.2) is 0 Å². The second kappa shape index (κ2) is 2.96. The molecule has 0 bridgehead atoms. The summed E-state index contributed by atoms with van der Waals surface area (Å²) in [4.78, 5) is 21.6. The molecule has 0 fully saturated rings. The van der Waals surface area contributed by atoms with Crippen molar-refractivity contribution in [3.05, 3.63) is 0 Å². The molecule has 4 nitrogen and oxygen atoms in total. The zero-order chi connectivity index (χ0) is 4.50. The van der Waals surface area contributed by atoms with Crippen LogP contribution in [0, 0.1) is 0 Å². The van der Waals surface area contributed by atoms with Gasteiger partial charge in [0.2, 0.25) is 0 Å². The average molecular weight is 128 g/mol. The first-order valence-corrected chi connectivity index (χ1v) is 2.35. The molecule has 0 heterocycles. The Hall–Kier alpha value is 0.876. The van der Waals surface area contributed by atoms with Crippen molar-refractivity contribution < 1.29 is 25.0 Å². The maximum absolute atomic E-state index is 8.88. The fourth-order valence-corrected chi connectivity index (χ4v) is 0.